The maximum Gasteiger partial charge on any atom is 0.150 e. The van der Waals surface area contributed by atoms with Gasteiger partial charge in [-0.25, -0.2) is 8.78 Å². The average Bonchev–Trinajstić information content (AvgIpc) is 2.64. The Balaban J connectivity index is 2.18. The summed E-state index contributed by atoms with van der Waals surface area (Å²) in [7, 11) is 0. The molecule has 2 rings (SSSR count). The summed E-state index contributed by atoms with van der Waals surface area (Å²) in [6.07, 6.45) is 1.97. The SMILES string of the molecule is CCCN1CCCN(c2c(F)cc(C#N)cc2F)CC1. The third-order valence-corrected chi connectivity index (χ3v) is 3.59. The number of nitriles is 1. The van der Waals surface area contributed by atoms with Crippen LogP contribution in [0, 0.1) is 23.0 Å². The van der Waals surface area contributed by atoms with E-state index in [4.69, 9.17) is 5.26 Å². The standard InChI is InChI=1S/C15H19F2N3/c1-2-4-19-5-3-6-20(8-7-19)15-13(16)9-12(11-18)10-14(15)17/h9-10H,2-8H2,1H3. The van der Waals surface area contributed by atoms with Crippen LogP contribution in [0.1, 0.15) is 25.3 Å². The Bertz CT molecular complexity index is 487. The van der Waals surface area contributed by atoms with E-state index in [1.807, 2.05) is 0 Å². The van der Waals surface area contributed by atoms with Gasteiger partial charge in [-0.15, -0.1) is 0 Å². The predicted octanol–water partition coefficient (Wildman–Crippen LogP) is 2.76. The van der Waals surface area contributed by atoms with Crippen molar-refractivity contribution >= 4 is 5.69 Å². The minimum atomic E-state index is -0.648. The summed E-state index contributed by atoms with van der Waals surface area (Å²) in [6, 6.07) is 3.98. The molecule has 5 heteroatoms. The molecule has 1 aromatic carbocycles. The van der Waals surface area contributed by atoms with Crippen molar-refractivity contribution in [1.29, 1.82) is 5.26 Å². The van der Waals surface area contributed by atoms with Gasteiger partial charge in [0.1, 0.15) is 5.69 Å². The van der Waals surface area contributed by atoms with Crippen LogP contribution in [0.4, 0.5) is 14.5 Å². The van der Waals surface area contributed by atoms with E-state index in [1.165, 1.54) is 0 Å². The minimum Gasteiger partial charge on any atom is -0.365 e. The van der Waals surface area contributed by atoms with Gasteiger partial charge in [0, 0.05) is 19.6 Å². The first-order chi connectivity index (χ1) is 9.65. The molecule has 0 N–H and O–H groups in total. The molecule has 1 fully saturated rings. The van der Waals surface area contributed by atoms with Crippen LogP contribution in [0.5, 0.6) is 0 Å². The molecule has 108 valence electrons. The molecule has 0 unspecified atom stereocenters. The van der Waals surface area contributed by atoms with Gasteiger partial charge in [0.05, 0.1) is 11.6 Å². The summed E-state index contributed by atoms with van der Waals surface area (Å²) >= 11 is 0. The molecule has 1 heterocycles. The highest BCUT2D eigenvalue weighted by atomic mass is 19.1. The first kappa shape index (κ1) is 14.7. The number of nitrogens with zero attached hydrogens (tertiary/aromatic N) is 3. The lowest BCUT2D eigenvalue weighted by molar-refractivity contribution is 0.294. The Morgan fingerprint density at radius 3 is 2.45 bits per heavy atom. The van der Waals surface area contributed by atoms with Crippen LogP contribution in [-0.2, 0) is 0 Å². The highest BCUT2D eigenvalue weighted by molar-refractivity contribution is 5.52. The Hall–Kier alpha value is -1.67. The highest BCUT2D eigenvalue weighted by Gasteiger charge is 2.21. The fraction of sp³-hybridized carbons (Fsp3) is 0.533. The summed E-state index contributed by atoms with van der Waals surface area (Å²) in [5.41, 5.74) is 0.0218. The molecule has 0 atom stereocenters. The van der Waals surface area contributed by atoms with Crippen molar-refractivity contribution in [1.82, 2.24) is 4.90 Å². The molecule has 1 saturated heterocycles. The Morgan fingerprint density at radius 2 is 1.85 bits per heavy atom. The van der Waals surface area contributed by atoms with E-state index in [2.05, 4.69) is 11.8 Å². The summed E-state index contributed by atoms with van der Waals surface area (Å²) in [5.74, 6) is -1.30. The molecular weight excluding hydrogens is 260 g/mol. The first-order valence-corrected chi connectivity index (χ1v) is 7.02. The second kappa shape index (κ2) is 6.67. The van der Waals surface area contributed by atoms with Crippen molar-refractivity contribution in [2.45, 2.75) is 19.8 Å². The molecule has 0 saturated carbocycles. The highest BCUT2D eigenvalue weighted by Crippen LogP contribution is 2.26. The molecule has 20 heavy (non-hydrogen) atoms. The van der Waals surface area contributed by atoms with Crippen LogP contribution in [0.25, 0.3) is 0 Å². The molecule has 1 aromatic rings. The Morgan fingerprint density at radius 1 is 1.15 bits per heavy atom. The lowest BCUT2D eigenvalue weighted by Crippen LogP contribution is -2.32. The van der Waals surface area contributed by atoms with Gasteiger partial charge >= 0.3 is 0 Å². The number of hydrogen-bond donors (Lipinski definition) is 0. The molecule has 3 nitrogen and oxygen atoms in total. The Labute approximate surface area is 118 Å². The van der Waals surface area contributed by atoms with E-state index in [9.17, 15) is 8.78 Å². The summed E-state index contributed by atoms with van der Waals surface area (Å²) in [4.78, 5) is 4.07. The van der Waals surface area contributed by atoms with E-state index in [0.717, 1.165) is 44.6 Å². The lowest BCUT2D eigenvalue weighted by Gasteiger charge is -2.24. The van der Waals surface area contributed by atoms with Gasteiger partial charge in [-0.05, 0) is 38.1 Å². The number of hydrogen-bond acceptors (Lipinski definition) is 3. The molecule has 0 amide bonds. The fourth-order valence-electron chi connectivity index (χ4n) is 2.67. The Kier molecular flexibility index (Phi) is 4.91. The molecule has 0 spiro atoms. The van der Waals surface area contributed by atoms with Crippen molar-refractivity contribution in [3.63, 3.8) is 0 Å². The summed E-state index contributed by atoms with van der Waals surface area (Å²) < 4.78 is 28.0. The molecule has 0 radical (unpaired) electrons. The topological polar surface area (TPSA) is 30.3 Å². The maximum atomic E-state index is 14.0. The van der Waals surface area contributed by atoms with Crippen molar-refractivity contribution in [2.75, 3.05) is 37.6 Å². The van der Waals surface area contributed by atoms with Gasteiger partial charge in [-0.3, -0.25) is 0 Å². The zero-order chi connectivity index (χ0) is 14.5. The monoisotopic (exact) mass is 279 g/mol. The third kappa shape index (κ3) is 3.26. The number of benzene rings is 1. The van der Waals surface area contributed by atoms with Gasteiger partial charge in [0.25, 0.3) is 0 Å². The fourth-order valence-corrected chi connectivity index (χ4v) is 2.67. The van der Waals surface area contributed by atoms with Crippen LogP contribution < -0.4 is 4.90 Å². The van der Waals surface area contributed by atoms with Crippen LogP contribution >= 0.6 is 0 Å². The van der Waals surface area contributed by atoms with Gasteiger partial charge in [0.2, 0.25) is 0 Å². The number of anilines is 1. The average molecular weight is 279 g/mol. The van der Waals surface area contributed by atoms with E-state index in [-0.39, 0.29) is 11.3 Å². The van der Waals surface area contributed by atoms with Crippen molar-refractivity contribution in [2.24, 2.45) is 0 Å². The molecular formula is C15H19F2N3. The van der Waals surface area contributed by atoms with Gasteiger partial charge in [-0.1, -0.05) is 6.92 Å². The van der Waals surface area contributed by atoms with Crippen molar-refractivity contribution in [3.8, 4) is 6.07 Å². The van der Waals surface area contributed by atoms with Crippen LogP contribution in [-0.4, -0.2) is 37.6 Å². The maximum absolute atomic E-state index is 14.0. The largest absolute Gasteiger partial charge is 0.365 e. The van der Waals surface area contributed by atoms with E-state index in [0.29, 0.717) is 13.1 Å². The minimum absolute atomic E-state index is 0.00217. The smallest absolute Gasteiger partial charge is 0.150 e. The first-order valence-electron chi connectivity index (χ1n) is 7.02. The van der Waals surface area contributed by atoms with Crippen molar-refractivity contribution < 1.29 is 8.78 Å². The van der Waals surface area contributed by atoms with E-state index in [1.54, 1.807) is 11.0 Å². The molecule has 1 aliphatic heterocycles. The summed E-state index contributed by atoms with van der Waals surface area (Å²) in [6.45, 7) is 6.17. The third-order valence-electron chi connectivity index (χ3n) is 3.59. The van der Waals surface area contributed by atoms with Crippen molar-refractivity contribution in [3.05, 3.63) is 29.3 Å². The van der Waals surface area contributed by atoms with Crippen LogP contribution in [0.2, 0.25) is 0 Å². The number of halogens is 2. The van der Waals surface area contributed by atoms with Gasteiger partial charge < -0.3 is 9.80 Å². The molecule has 0 bridgehead atoms. The normalized spacial score (nSPS) is 16.8. The van der Waals surface area contributed by atoms with E-state index >= 15 is 0 Å². The lowest BCUT2D eigenvalue weighted by atomic mass is 10.2. The second-order valence-electron chi connectivity index (χ2n) is 5.08. The van der Waals surface area contributed by atoms with Crippen LogP contribution in [0.3, 0.4) is 0 Å². The molecule has 1 aliphatic rings. The van der Waals surface area contributed by atoms with Gasteiger partial charge in [0.15, 0.2) is 11.6 Å². The predicted molar refractivity (Wildman–Crippen MR) is 74.6 cm³/mol. The van der Waals surface area contributed by atoms with E-state index < -0.39 is 11.6 Å². The molecule has 0 aliphatic carbocycles. The zero-order valence-electron chi connectivity index (χ0n) is 11.7. The number of rotatable bonds is 3. The van der Waals surface area contributed by atoms with Crippen LogP contribution in [0.15, 0.2) is 12.1 Å². The zero-order valence-corrected chi connectivity index (χ0v) is 11.7. The molecule has 0 aromatic heterocycles. The summed E-state index contributed by atoms with van der Waals surface area (Å²) in [5, 5.41) is 8.72. The van der Waals surface area contributed by atoms with Gasteiger partial charge in [-0.2, -0.15) is 5.26 Å². The second-order valence-corrected chi connectivity index (χ2v) is 5.08. The quantitative estimate of drug-likeness (QED) is 0.852.